The van der Waals surface area contributed by atoms with Crippen LogP contribution in [0.15, 0.2) is 30.3 Å². The van der Waals surface area contributed by atoms with E-state index in [1.165, 1.54) is 4.90 Å². The summed E-state index contributed by atoms with van der Waals surface area (Å²) in [5.41, 5.74) is 1.15. The molecule has 0 saturated carbocycles. The Morgan fingerprint density at radius 2 is 1.80 bits per heavy atom. The summed E-state index contributed by atoms with van der Waals surface area (Å²) >= 11 is 0. The topological polar surface area (TPSA) is 82.5 Å². The van der Waals surface area contributed by atoms with Gasteiger partial charge in [-0.3, -0.25) is 0 Å². The third-order valence-electron chi connectivity index (χ3n) is 4.46. The third-order valence-corrected chi connectivity index (χ3v) is 4.46. The highest BCUT2D eigenvalue weighted by Crippen LogP contribution is 2.16. The number of amides is 2. The lowest BCUT2D eigenvalue weighted by atomic mass is 10.2. The van der Waals surface area contributed by atoms with Crippen molar-refractivity contribution in [1.29, 1.82) is 0 Å². The van der Waals surface area contributed by atoms with Crippen molar-refractivity contribution >= 4 is 17.9 Å². The normalized spacial score (nSPS) is 21.1. The number of morpholine rings is 1. The molecule has 25 heavy (non-hydrogen) atoms. The maximum absolute atomic E-state index is 12.2. The van der Waals surface area contributed by atoms with Gasteiger partial charge in [-0.15, -0.1) is 0 Å². The average Bonchev–Trinajstić information content (AvgIpc) is 2.67. The molecule has 1 N–H and O–H groups in total. The first-order valence-corrected chi connectivity index (χ1v) is 8.44. The minimum Gasteiger partial charge on any atom is -0.465 e. The molecule has 8 heteroatoms. The number of para-hydroxylation sites is 1. The van der Waals surface area contributed by atoms with Crippen LogP contribution in [0.25, 0.3) is 0 Å². The Morgan fingerprint density at radius 3 is 2.48 bits per heavy atom. The molecule has 0 aromatic heterocycles. The fourth-order valence-corrected chi connectivity index (χ4v) is 3.04. The summed E-state index contributed by atoms with van der Waals surface area (Å²) in [5.74, 6) is 0. The Balaban J connectivity index is 1.41. The van der Waals surface area contributed by atoms with Gasteiger partial charge in [-0.25, -0.2) is 9.59 Å². The van der Waals surface area contributed by atoms with E-state index in [0.29, 0.717) is 26.2 Å². The monoisotopic (exact) mass is 349 g/mol. The zero-order chi connectivity index (χ0) is 17.6. The summed E-state index contributed by atoms with van der Waals surface area (Å²) in [5, 5.41) is 9.01. The van der Waals surface area contributed by atoms with Crippen molar-refractivity contribution in [3.05, 3.63) is 30.3 Å². The molecule has 2 aliphatic rings. The van der Waals surface area contributed by atoms with Gasteiger partial charge in [0.1, 0.15) is 12.7 Å². The van der Waals surface area contributed by atoms with Crippen LogP contribution in [0.1, 0.15) is 0 Å². The minimum atomic E-state index is -0.975. The van der Waals surface area contributed by atoms with Gasteiger partial charge in [0.15, 0.2) is 0 Å². The second-order valence-electron chi connectivity index (χ2n) is 6.11. The van der Waals surface area contributed by atoms with Crippen LogP contribution in [-0.4, -0.2) is 85.7 Å². The van der Waals surface area contributed by atoms with E-state index in [9.17, 15) is 9.59 Å². The number of anilines is 1. The van der Waals surface area contributed by atoms with E-state index in [-0.39, 0.29) is 19.2 Å². The standard InChI is InChI=1S/C17H23N3O5/c21-16(22)20-10-11-24-15(12-20)13-25-17(23)19-8-6-18(7-9-19)14-4-2-1-3-5-14/h1-5,15H,6-13H2,(H,21,22)/t15-/m0/s1. The molecule has 0 aliphatic carbocycles. The smallest absolute Gasteiger partial charge is 0.409 e. The number of carbonyl (C=O) groups is 2. The van der Waals surface area contributed by atoms with Crippen LogP contribution in [0, 0.1) is 0 Å². The molecule has 3 rings (SSSR count). The number of nitrogens with zero attached hydrogens (tertiary/aromatic N) is 3. The summed E-state index contributed by atoms with van der Waals surface area (Å²) in [6, 6.07) is 10.1. The molecular formula is C17H23N3O5. The number of ether oxygens (including phenoxy) is 2. The summed E-state index contributed by atoms with van der Waals surface area (Å²) in [4.78, 5) is 28.4. The SMILES string of the molecule is O=C(O)N1CCO[C@H](COC(=O)N2CCN(c3ccccc3)CC2)C1. The van der Waals surface area contributed by atoms with Crippen LogP contribution >= 0.6 is 0 Å². The van der Waals surface area contributed by atoms with Gasteiger partial charge < -0.3 is 29.3 Å². The van der Waals surface area contributed by atoms with E-state index in [1.54, 1.807) is 4.90 Å². The molecule has 2 amide bonds. The van der Waals surface area contributed by atoms with Gasteiger partial charge in [-0.1, -0.05) is 18.2 Å². The maximum atomic E-state index is 12.2. The first-order chi connectivity index (χ1) is 12.1. The second kappa shape index (κ2) is 8.06. The molecule has 0 unspecified atom stereocenters. The lowest BCUT2D eigenvalue weighted by molar-refractivity contribution is -0.0525. The Kier molecular flexibility index (Phi) is 5.60. The highest BCUT2D eigenvalue weighted by molar-refractivity contribution is 5.68. The van der Waals surface area contributed by atoms with Gasteiger partial charge in [-0.05, 0) is 12.1 Å². The zero-order valence-corrected chi connectivity index (χ0v) is 14.0. The second-order valence-corrected chi connectivity index (χ2v) is 6.11. The summed E-state index contributed by atoms with van der Waals surface area (Å²) in [6.07, 6.45) is -1.75. The first-order valence-electron chi connectivity index (χ1n) is 8.44. The molecule has 1 atom stereocenters. The number of carboxylic acid groups (broad SMARTS) is 1. The van der Waals surface area contributed by atoms with E-state index >= 15 is 0 Å². The summed E-state index contributed by atoms with van der Waals surface area (Å²) in [7, 11) is 0. The van der Waals surface area contributed by atoms with E-state index in [1.807, 2.05) is 18.2 Å². The van der Waals surface area contributed by atoms with E-state index in [2.05, 4.69) is 17.0 Å². The van der Waals surface area contributed by atoms with E-state index in [4.69, 9.17) is 14.6 Å². The third kappa shape index (κ3) is 4.54. The Morgan fingerprint density at radius 1 is 1.08 bits per heavy atom. The van der Waals surface area contributed by atoms with E-state index < -0.39 is 12.2 Å². The number of hydrogen-bond donors (Lipinski definition) is 1. The number of hydrogen-bond acceptors (Lipinski definition) is 5. The fraction of sp³-hybridized carbons (Fsp3) is 0.529. The van der Waals surface area contributed by atoms with Crippen LogP contribution in [-0.2, 0) is 9.47 Å². The van der Waals surface area contributed by atoms with Crippen molar-refractivity contribution < 1.29 is 24.2 Å². The quantitative estimate of drug-likeness (QED) is 0.886. The molecule has 136 valence electrons. The largest absolute Gasteiger partial charge is 0.465 e. The van der Waals surface area contributed by atoms with Crippen molar-refractivity contribution in [3.8, 4) is 0 Å². The summed E-state index contributed by atoms with van der Waals surface area (Å²) < 4.78 is 10.8. The van der Waals surface area contributed by atoms with Crippen LogP contribution in [0.3, 0.4) is 0 Å². The molecular weight excluding hydrogens is 326 g/mol. The number of rotatable bonds is 3. The van der Waals surface area contributed by atoms with Crippen molar-refractivity contribution in [2.75, 3.05) is 57.4 Å². The molecule has 2 heterocycles. The van der Waals surface area contributed by atoms with Gasteiger partial charge in [0.2, 0.25) is 0 Å². The van der Waals surface area contributed by atoms with Gasteiger partial charge >= 0.3 is 12.2 Å². The number of benzene rings is 1. The predicted octanol–water partition coefficient (Wildman–Crippen LogP) is 1.32. The van der Waals surface area contributed by atoms with Crippen molar-refractivity contribution in [1.82, 2.24) is 9.80 Å². The molecule has 0 bridgehead atoms. The van der Waals surface area contributed by atoms with Crippen LogP contribution in [0.4, 0.5) is 15.3 Å². The van der Waals surface area contributed by atoms with Gasteiger partial charge in [0, 0.05) is 38.4 Å². The summed E-state index contributed by atoms with van der Waals surface area (Å²) in [6.45, 7) is 3.68. The molecule has 2 fully saturated rings. The van der Waals surface area contributed by atoms with Gasteiger partial charge in [0.25, 0.3) is 0 Å². The minimum absolute atomic E-state index is 0.0709. The molecule has 0 radical (unpaired) electrons. The predicted molar refractivity (Wildman–Crippen MR) is 90.9 cm³/mol. The molecule has 1 aromatic rings. The van der Waals surface area contributed by atoms with Crippen molar-refractivity contribution in [3.63, 3.8) is 0 Å². The van der Waals surface area contributed by atoms with E-state index in [0.717, 1.165) is 18.8 Å². The lowest BCUT2D eigenvalue weighted by Gasteiger charge is -2.36. The Bertz CT molecular complexity index is 589. The fourth-order valence-electron chi connectivity index (χ4n) is 3.04. The highest BCUT2D eigenvalue weighted by atomic mass is 16.6. The lowest BCUT2D eigenvalue weighted by Crippen LogP contribution is -2.50. The van der Waals surface area contributed by atoms with Crippen molar-refractivity contribution in [2.24, 2.45) is 0 Å². The number of carbonyl (C=O) groups excluding carboxylic acids is 1. The highest BCUT2D eigenvalue weighted by Gasteiger charge is 2.27. The number of piperazine rings is 1. The first kappa shape index (κ1) is 17.3. The van der Waals surface area contributed by atoms with Gasteiger partial charge in [0.05, 0.1) is 13.2 Å². The van der Waals surface area contributed by atoms with Crippen LogP contribution in [0.5, 0.6) is 0 Å². The Hall–Kier alpha value is -2.48. The van der Waals surface area contributed by atoms with Gasteiger partial charge in [-0.2, -0.15) is 0 Å². The van der Waals surface area contributed by atoms with Crippen molar-refractivity contribution in [2.45, 2.75) is 6.10 Å². The average molecular weight is 349 g/mol. The molecule has 8 nitrogen and oxygen atoms in total. The molecule has 0 spiro atoms. The zero-order valence-electron chi connectivity index (χ0n) is 14.0. The van der Waals surface area contributed by atoms with Crippen LogP contribution < -0.4 is 4.90 Å². The Labute approximate surface area is 146 Å². The molecule has 2 aliphatic heterocycles. The van der Waals surface area contributed by atoms with Crippen LogP contribution in [0.2, 0.25) is 0 Å². The molecule has 2 saturated heterocycles. The molecule has 1 aromatic carbocycles. The maximum Gasteiger partial charge on any atom is 0.409 e.